The van der Waals surface area contributed by atoms with E-state index in [0.717, 1.165) is 41.3 Å². The van der Waals surface area contributed by atoms with Crippen molar-refractivity contribution in [2.75, 3.05) is 18.5 Å². The van der Waals surface area contributed by atoms with Crippen LogP contribution in [0.5, 0.6) is 0 Å². The van der Waals surface area contributed by atoms with Gasteiger partial charge in [0.15, 0.2) is 6.61 Å². The minimum absolute atomic E-state index is 0.0270. The molecule has 1 saturated carbocycles. The van der Waals surface area contributed by atoms with Crippen molar-refractivity contribution in [1.82, 2.24) is 4.90 Å². The summed E-state index contributed by atoms with van der Waals surface area (Å²) in [5.41, 5.74) is 2.69. The highest BCUT2D eigenvalue weighted by molar-refractivity contribution is 9.10. The topological polar surface area (TPSA) is 75.7 Å². The molecule has 1 atom stereocenters. The van der Waals surface area contributed by atoms with Crippen molar-refractivity contribution < 1.29 is 19.1 Å². The Morgan fingerprint density at radius 1 is 1.18 bits per heavy atom. The van der Waals surface area contributed by atoms with Crippen LogP contribution in [0.4, 0.5) is 5.69 Å². The zero-order chi connectivity index (χ0) is 20.3. The molecule has 1 heterocycles. The second kappa shape index (κ2) is 9.07. The van der Waals surface area contributed by atoms with Gasteiger partial charge in [0.1, 0.15) is 0 Å². The molecule has 2 amide bonds. The molecule has 2 fully saturated rings. The van der Waals surface area contributed by atoms with Gasteiger partial charge in [0, 0.05) is 29.2 Å². The lowest BCUT2D eigenvalue weighted by molar-refractivity contribution is -0.151. The highest BCUT2D eigenvalue weighted by Crippen LogP contribution is 2.29. The van der Waals surface area contributed by atoms with Gasteiger partial charge in [-0.3, -0.25) is 14.4 Å². The SMILES string of the molecule is Cc1cc(NC(=O)COC(=O)[C@H]2CC(=O)N(C3CCCCC3)C2)cc(C)c1Br. The third kappa shape index (κ3) is 4.93. The molecule has 1 saturated heterocycles. The summed E-state index contributed by atoms with van der Waals surface area (Å²) in [5, 5.41) is 2.75. The molecular formula is C21H27BrN2O4. The van der Waals surface area contributed by atoms with Crippen LogP contribution in [0.3, 0.4) is 0 Å². The lowest BCUT2D eigenvalue weighted by Gasteiger charge is -2.31. The molecule has 6 nitrogen and oxygen atoms in total. The van der Waals surface area contributed by atoms with Crippen molar-refractivity contribution in [2.45, 2.75) is 58.4 Å². The molecule has 1 aliphatic carbocycles. The fraction of sp³-hybridized carbons (Fsp3) is 0.571. The Morgan fingerprint density at radius 3 is 2.46 bits per heavy atom. The summed E-state index contributed by atoms with van der Waals surface area (Å²) in [7, 11) is 0. The molecule has 152 valence electrons. The van der Waals surface area contributed by atoms with Gasteiger partial charge in [-0.05, 0) is 49.9 Å². The van der Waals surface area contributed by atoms with Crippen LogP contribution in [0, 0.1) is 19.8 Å². The largest absolute Gasteiger partial charge is 0.455 e. The smallest absolute Gasteiger partial charge is 0.311 e. The van der Waals surface area contributed by atoms with Crippen LogP contribution in [0.15, 0.2) is 16.6 Å². The van der Waals surface area contributed by atoms with Gasteiger partial charge in [0.2, 0.25) is 5.91 Å². The molecule has 28 heavy (non-hydrogen) atoms. The highest BCUT2D eigenvalue weighted by atomic mass is 79.9. The van der Waals surface area contributed by atoms with Gasteiger partial charge in [-0.1, -0.05) is 35.2 Å². The fourth-order valence-corrected chi connectivity index (χ4v) is 4.33. The van der Waals surface area contributed by atoms with E-state index in [4.69, 9.17) is 4.74 Å². The first kappa shape index (κ1) is 20.8. The number of anilines is 1. The minimum atomic E-state index is -0.473. The Morgan fingerprint density at radius 2 is 1.82 bits per heavy atom. The van der Waals surface area contributed by atoms with E-state index < -0.39 is 11.9 Å². The maximum Gasteiger partial charge on any atom is 0.311 e. The van der Waals surface area contributed by atoms with E-state index in [1.807, 2.05) is 30.9 Å². The fourth-order valence-electron chi connectivity index (χ4n) is 4.10. The van der Waals surface area contributed by atoms with Crippen LogP contribution in [-0.2, 0) is 19.1 Å². The molecule has 1 aromatic rings. The molecule has 2 aliphatic rings. The second-order valence-electron chi connectivity index (χ2n) is 7.82. The maximum absolute atomic E-state index is 12.3. The highest BCUT2D eigenvalue weighted by Gasteiger charge is 2.39. The Labute approximate surface area is 174 Å². The van der Waals surface area contributed by atoms with Gasteiger partial charge in [-0.15, -0.1) is 0 Å². The number of likely N-dealkylation sites (tertiary alicyclic amines) is 1. The zero-order valence-corrected chi connectivity index (χ0v) is 18.0. The van der Waals surface area contributed by atoms with Crippen molar-refractivity contribution in [3.05, 3.63) is 27.7 Å². The van der Waals surface area contributed by atoms with E-state index in [1.54, 1.807) is 0 Å². The quantitative estimate of drug-likeness (QED) is 0.693. The predicted molar refractivity (Wildman–Crippen MR) is 110 cm³/mol. The van der Waals surface area contributed by atoms with E-state index in [9.17, 15) is 14.4 Å². The van der Waals surface area contributed by atoms with Crippen molar-refractivity contribution >= 4 is 39.4 Å². The number of ether oxygens (including phenoxy) is 1. The molecule has 1 aliphatic heterocycles. The Balaban J connectivity index is 1.48. The van der Waals surface area contributed by atoms with Crippen LogP contribution in [-0.4, -0.2) is 41.9 Å². The van der Waals surface area contributed by atoms with Crippen LogP contribution >= 0.6 is 15.9 Å². The Kier molecular flexibility index (Phi) is 6.75. The van der Waals surface area contributed by atoms with E-state index in [0.29, 0.717) is 12.2 Å². The van der Waals surface area contributed by atoms with Gasteiger partial charge >= 0.3 is 5.97 Å². The zero-order valence-electron chi connectivity index (χ0n) is 16.4. The van der Waals surface area contributed by atoms with Crippen molar-refractivity contribution in [1.29, 1.82) is 0 Å². The van der Waals surface area contributed by atoms with E-state index in [1.165, 1.54) is 6.42 Å². The number of carbonyl (C=O) groups is 3. The van der Waals surface area contributed by atoms with Gasteiger partial charge in [-0.2, -0.15) is 0 Å². The van der Waals surface area contributed by atoms with E-state index in [-0.39, 0.29) is 30.9 Å². The summed E-state index contributed by atoms with van der Waals surface area (Å²) in [4.78, 5) is 38.6. The molecule has 0 aromatic heterocycles. The summed E-state index contributed by atoms with van der Waals surface area (Å²) in [6.07, 6.45) is 5.71. The minimum Gasteiger partial charge on any atom is -0.455 e. The standard InChI is InChI=1S/C21H27BrN2O4/c1-13-8-16(9-14(2)20(13)22)23-18(25)12-28-21(27)15-10-19(26)24(11-15)17-6-4-3-5-7-17/h8-9,15,17H,3-7,10-12H2,1-2H3,(H,23,25)/t15-/m0/s1. The number of carbonyl (C=O) groups excluding carboxylic acids is 3. The number of rotatable bonds is 5. The second-order valence-corrected chi connectivity index (χ2v) is 8.61. The third-order valence-electron chi connectivity index (χ3n) is 5.57. The lowest BCUT2D eigenvalue weighted by Crippen LogP contribution is -2.38. The van der Waals surface area contributed by atoms with Crippen LogP contribution < -0.4 is 5.32 Å². The number of benzene rings is 1. The Bertz CT molecular complexity index is 751. The summed E-state index contributed by atoms with van der Waals surface area (Å²) in [6.45, 7) is 3.96. The summed E-state index contributed by atoms with van der Waals surface area (Å²) < 4.78 is 6.19. The molecule has 0 bridgehead atoms. The Hall–Kier alpha value is -1.89. The number of nitrogens with zero attached hydrogens (tertiary/aromatic N) is 1. The number of hydrogen-bond acceptors (Lipinski definition) is 4. The summed E-state index contributed by atoms with van der Waals surface area (Å²) in [5.74, 6) is -1.30. The first-order chi connectivity index (χ1) is 13.3. The van der Waals surface area contributed by atoms with Crippen molar-refractivity contribution in [3.63, 3.8) is 0 Å². The molecule has 0 radical (unpaired) electrons. The van der Waals surface area contributed by atoms with E-state index >= 15 is 0 Å². The molecular weight excluding hydrogens is 424 g/mol. The number of amides is 2. The first-order valence-electron chi connectivity index (χ1n) is 9.88. The normalized spacial score (nSPS) is 20.3. The average molecular weight is 451 g/mol. The average Bonchev–Trinajstić information content (AvgIpc) is 3.06. The molecule has 7 heteroatoms. The van der Waals surface area contributed by atoms with Crippen LogP contribution in [0.2, 0.25) is 0 Å². The predicted octanol–water partition coefficient (Wildman–Crippen LogP) is 3.73. The van der Waals surface area contributed by atoms with E-state index in [2.05, 4.69) is 21.2 Å². The molecule has 3 rings (SSSR count). The third-order valence-corrected chi connectivity index (χ3v) is 6.82. The molecule has 1 N–H and O–H groups in total. The van der Waals surface area contributed by atoms with Crippen LogP contribution in [0.25, 0.3) is 0 Å². The number of nitrogens with one attached hydrogen (secondary N) is 1. The molecule has 0 spiro atoms. The maximum atomic E-state index is 12.3. The summed E-state index contributed by atoms with van der Waals surface area (Å²) in [6, 6.07) is 3.97. The van der Waals surface area contributed by atoms with Crippen molar-refractivity contribution in [3.8, 4) is 0 Å². The number of aryl methyl sites for hydroxylation is 2. The molecule has 1 aromatic carbocycles. The van der Waals surface area contributed by atoms with Crippen molar-refractivity contribution in [2.24, 2.45) is 5.92 Å². The molecule has 0 unspecified atom stereocenters. The number of halogens is 1. The van der Waals surface area contributed by atoms with Crippen LogP contribution in [0.1, 0.15) is 49.7 Å². The summed E-state index contributed by atoms with van der Waals surface area (Å²) >= 11 is 3.49. The first-order valence-corrected chi connectivity index (χ1v) is 10.7. The number of hydrogen-bond donors (Lipinski definition) is 1. The van der Waals surface area contributed by atoms with Gasteiger partial charge in [-0.25, -0.2) is 0 Å². The van der Waals surface area contributed by atoms with Gasteiger partial charge < -0.3 is 15.0 Å². The van der Waals surface area contributed by atoms with Gasteiger partial charge in [0.25, 0.3) is 5.91 Å². The lowest BCUT2D eigenvalue weighted by atomic mass is 9.94. The number of esters is 1. The monoisotopic (exact) mass is 450 g/mol. The van der Waals surface area contributed by atoms with Gasteiger partial charge in [0.05, 0.1) is 5.92 Å².